The summed E-state index contributed by atoms with van der Waals surface area (Å²) < 4.78 is 1.89. The molecular weight excluding hydrogens is 336 g/mol. The molecule has 25 heavy (non-hydrogen) atoms. The lowest BCUT2D eigenvalue weighted by Crippen LogP contribution is -2.40. The molecule has 130 valence electrons. The monoisotopic (exact) mass is 356 g/mol. The minimum atomic E-state index is 0.160. The molecule has 3 aromatic rings. The number of carbonyl (C=O) groups is 1. The molecule has 0 radical (unpaired) electrons. The summed E-state index contributed by atoms with van der Waals surface area (Å²) in [5, 5.41) is 4.04. The molecular formula is C17H20N6OS. The molecule has 0 aliphatic carbocycles. The molecule has 1 aliphatic heterocycles. The predicted molar refractivity (Wildman–Crippen MR) is 97.7 cm³/mol. The fourth-order valence-corrected chi connectivity index (χ4v) is 3.87. The Bertz CT molecular complexity index is 890. The van der Waals surface area contributed by atoms with Gasteiger partial charge in [0.05, 0.1) is 25.0 Å². The SMILES string of the molecule is CN(C(=O)Cc1ccsc1)C1CCN(c2ncc3ncn(C)c3n2)C1. The van der Waals surface area contributed by atoms with Gasteiger partial charge in [0.15, 0.2) is 5.65 Å². The molecule has 1 atom stereocenters. The van der Waals surface area contributed by atoms with Crippen molar-refractivity contribution in [3.63, 3.8) is 0 Å². The average molecular weight is 356 g/mol. The van der Waals surface area contributed by atoms with Gasteiger partial charge in [0, 0.05) is 27.2 Å². The van der Waals surface area contributed by atoms with E-state index in [9.17, 15) is 4.79 Å². The number of rotatable bonds is 4. The number of aryl methyl sites for hydroxylation is 1. The van der Waals surface area contributed by atoms with Crippen LogP contribution in [-0.4, -0.2) is 56.5 Å². The van der Waals surface area contributed by atoms with Crippen molar-refractivity contribution in [3.05, 3.63) is 34.9 Å². The Morgan fingerprint density at radius 2 is 2.32 bits per heavy atom. The van der Waals surface area contributed by atoms with Crippen LogP contribution in [0.25, 0.3) is 11.2 Å². The number of imidazole rings is 1. The van der Waals surface area contributed by atoms with Crippen LogP contribution in [0.5, 0.6) is 0 Å². The number of nitrogens with zero attached hydrogens (tertiary/aromatic N) is 6. The van der Waals surface area contributed by atoms with Gasteiger partial charge in [-0.25, -0.2) is 9.97 Å². The highest BCUT2D eigenvalue weighted by Crippen LogP contribution is 2.21. The number of hydrogen-bond acceptors (Lipinski definition) is 6. The molecule has 0 aromatic carbocycles. The van der Waals surface area contributed by atoms with E-state index in [1.54, 1.807) is 23.9 Å². The smallest absolute Gasteiger partial charge is 0.227 e. The molecule has 7 nitrogen and oxygen atoms in total. The molecule has 1 saturated heterocycles. The Hall–Kier alpha value is -2.48. The second-order valence-electron chi connectivity index (χ2n) is 6.44. The Kier molecular flexibility index (Phi) is 4.12. The first-order valence-electron chi connectivity index (χ1n) is 8.27. The molecule has 1 fully saturated rings. The van der Waals surface area contributed by atoms with Crippen molar-refractivity contribution in [1.29, 1.82) is 0 Å². The van der Waals surface area contributed by atoms with E-state index in [4.69, 9.17) is 0 Å². The third-order valence-electron chi connectivity index (χ3n) is 4.76. The fourth-order valence-electron chi connectivity index (χ4n) is 3.20. The lowest BCUT2D eigenvalue weighted by molar-refractivity contribution is -0.130. The molecule has 1 aliphatic rings. The van der Waals surface area contributed by atoms with E-state index in [1.807, 2.05) is 40.4 Å². The van der Waals surface area contributed by atoms with E-state index >= 15 is 0 Å². The highest BCUT2D eigenvalue weighted by Gasteiger charge is 2.30. The van der Waals surface area contributed by atoms with Crippen LogP contribution < -0.4 is 4.90 Å². The topological polar surface area (TPSA) is 67.2 Å². The van der Waals surface area contributed by atoms with Gasteiger partial charge in [0.2, 0.25) is 11.9 Å². The number of aromatic nitrogens is 4. The van der Waals surface area contributed by atoms with Gasteiger partial charge in [-0.05, 0) is 28.8 Å². The average Bonchev–Trinajstić information content (AvgIpc) is 3.35. The standard InChI is InChI=1S/C17H20N6OS/c1-21-11-19-14-8-18-17(20-16(14)21)23-5-3-13(9-23)22(2)15(24)7-12-4-6-25-10-12/h4,6,8,10-11,13H,3,5,7,9H2,1-2H3. The van der Waals surface area contributed by atoms with Gasteiger partial charge in [-0.3, -0.25) is 4.79 Å². The number of likely N-dealkylation sites (N-methyl/N-ethyl adjacent to an activating group) is 1. The predicted octanol–water partition coefficient (Wildman–Crippen LogP) is 1.70. The summed E-state index contributed by atoms with van der Waals surface area (Å²) >= 11 is 1.62. The molecule has 8 heteroatoms. The molecule has 3 aromatic heterocycles. The van der Waals surface area contributed by atoms with Crippen LogP contribution in [0.3, 0.4) is 0 Å². The fraction of sp³-hybridized carbons (Fsp3) is 0.412. The Morgan fingerprint density at radius 3 is 3.12 bits per heavy atom. The van der Waals surface area contributed by atoms with Crippen LogP contribution in [0.1, 0.15) is 12.0 Å². The maximum absolute atomic E-state index is 12.5. The van der Waals surface area contributed by atoms with Gasteiger partial charge in [-0.15, -0.1) is 0 Å². The molecule has 1 amide bonds. The normalized spacial score (nSPS) is 17.4. The van der Waals surface area contributed by atoms with Crippen LogP contribution in [-0.2, 0) is 18.3 Å². The van der Waals surface area contributed by atoms with Crippen molar-refractivity contribution >= 4 is 34.4 Å². The largest absolute Gasteiger partial charge is 0.341 e. The summed E-state index contributed by atoms with van der Waals surface area (Å²) in [7, 11) is 3.82. The molecule has 4 rings (SSSR count). The highest BCUT2D eigenvalue weighted by atomic mass is 32.1. The van der Waals surface area contributed by atoms with Crippen molar-refractivity contribution < 1.29 is 4.79 Å². The highest BCUT2D eigenvalue weighted by molar-refractivity contribution is 7.08. The summed E-state index contributed by atoms with van der Waals surface area (Å²) in [5.41, 5.74) is 2.71. The van der Waals surface area contributed by atoms with E-state index in [0.717, 1.165) is 36.2 Å². The maximum Gasteiger partial charge on any atom is 0.227 e. The second-order valence-corrected chi connectivity index (χ2v) is 7.22. The van der Waals surface area contributed by atoms with Crippen molar-refractivity contribution in [2.75, 3.05) is 25.0 Å². The molecule has 0 N–H and O–H groups in total. The van der Waals surface area contributed by atoms with E-state index in [1.165, 1.54) is 0 Å². The minimum absolute atomic E-state index is 0.160. The zero-order chi connectivity index (χ0) is 17.4. The van der Waals surface area contributed by atoms with Gasteiger partial charge in [-0.2, -0.15) is 16.3 Å². The molecule has 0 saturated carbocycles. The van der Waals surface area contributed by atoms with Gasteiger partial charge in [-0.1, -0.05) is 0 Å². The Labute approximate surface area is 149 Å². The number of fused-ring (bicyclic) bond motifs is 1. The van der Waals surface area contributed by atoms with Gasteiger partial charge < -0.3 is 14.4 Å². The summed E-state index contributed by atoms with van der Waals surface area (Å²) in [6.45, 7) is 1.61. The first-order chi connectivity index (χ1) is 12.1. The van der Waals surface area contributed by atoms with E-state index in [0.29, 0.717) is 12.4 Å². The zero-order valence-corrected chi connectivity index (χ0v) is 15.1. The first-order valence-corrected chi connectivity index (χ1v) is 9.22. The summed E-state index contributed by atoms with van der Waals surface area (Å²) in [5.74, 6) is 0.866. The molecule has 4 heterocycles. The summed E-state index contributed by atoms with van der Waals surface area (Å²) in [6.07, 6.45) is 4.90. The Morgan fingerprint density at radius 1 is 1.44 bits per heavy atom. The lowest BCUT2D eigenvalue weighted by Gasteiger charge is -2.25. The number of hydrogen-bond donors (Lipinski definition) is 0. The molecule has 0 spiro atoms. The van der Waals surface area contributed by atoms with Crippen LogP contribution in [0, 0.1) is 0 Å². The van der Waals surface area contributed by atoms with Crippen LogP contribution in [0.15, 0.2) is 29.4 Å². The van der Waals surface area contributed by atoms with E-state index in [-0.39, 0.29) is 11.9 Å². The second kappa shape index (κ2) is 6.44. The van der Waals surface area contributed by atoms with Crippen LogP contribution in [0.4, 0.5) is 5.95 Å². The van der Waals surface area contributed by atoms with Crippen molar-refractivity contribution in [2.45, 2.75) is 18.9 Å². The quantitative estimate of drug-likeness (QED) is 0.712. The van der Waals surface area contributed by atoms with E-state index < -0.39 is 0 Å². The third-order valence-corrected chi connectivity index (χ3v) is 5.50. The lowest BCUT2D eigenvalue weighted by atomic mass is 10.2. The number of amides is 1. The van der Waals surface area contributed by atoms with E-state index in [2.05, 4.69) is 19.9 Å². The summed E-state index contributed by atoms with van der Waals surface area (Å²) in [6, 6.07) is 2.20. The first kappa shape index (κ1) is 16.0. The summed E-state index contributed by atoms with van der Waals surface area (Å²) in [4.78, 5) is 29.8. The van der Waals surface area contributed by atoms with Crippen molar-refractivity contribution in [3.8, 4) is 0 Å². The number of anilines is 1. The van der Waals surface area contributed by atoms with Gasteiger partial charge in [0.1, 0.15) is 5.52 Å². The molecule has 0 bridgehead atoms. The number of carbonyl (C=O) groups excluding carboxylic acids is 1. The van der Waals surface area contributed by atoms with Crippen LogP contribution >= 0.6 is 11.3 Å². The molecule has 1 unspecified atom stereocenters. The number of thiophene rings is 1. The van der Waals surface area contributed by atoms with Gasteiger partial charge in [0.25, 0.3) is 0 Å². The third kappa shape index (κ3) is 3.09. The van der Waals surface area contributed by atoms with Crippen molar-refractivity contribution in [1.82, 2.24) is 24.4 Å². The van der Waals surface area contributed by atoms with Crippen LogP contribution in [0.2, 0.25) is 0 Å². The zero-order valence-electron chi connectivity index (χ0n) is 14.3. The van der Waals surface area contributed by atoms with Gasteiger partial charge >= 0.3 is 0 Å². The van der Waals surface area contributed by atoms with Crippen molar-refractivity contribution in [2.24, 2.45) is 7.05 Å². The minimum Gasteiger partial charge on any atom is -0.341 e. The maximum atomic E-state index is 12.5. The Balaban J connectivity index is 1.44.